The van der Waals surface area contributed by atoms with Crippen LogP contribution in [0.15, 0.2) is 18.2 Å². The lowest BCUT2D eigenvalue weighted by Gasteiger charge is -2.17. The van der Waals surface area contributed by atoms with Gasteiger partial charge in [0.2, 0.25) is 5.91 Å². The minimum Gasteiger partial charge on any atom is -0.330 e. The predicted octanol–water partition coefficient (Wildman–Crippen LogP) is 3.60. The Bertz CT molecular complexity index is 432. The van der Waals surface area contributed by atoms with Crippen LogP contribution in [0, 0.1) is 18.8 Å². The highest BCUT2D eigenvalue weighted by Gasteiger charge is 2.14. The molecule has 1 unspecified atom stereocenters. The Balaban J connectivity index is 2.59. The standard InChI is InChI=1S/C15H23ClN2O/c1-10(2)6-12(9-17)8-15(19)18-14-5-4-13(16)7-11(14)3/h4-5,7,10,12H,6,8-9,17H2,1-3H3,(H,18,19). The lowest BCUT2D eigenvalue weighted by molar-refractivity contribution is -0.117. The quantitative estimate of drug-likeness (QED) is 0.838. The summed E-state index contributed by atoms with van der Waals surface area (Å²) in [7, 11) is 0. The highest BCUT2D eigenvalue weighted by molar-refractivity contribution is 6.30. The van der Waals surface area contributed by atoms with Crippen molar-refractivity contribution in [1.82, 2.24) is 0 Å². The van der Waals surface area contributed by atoms with Crippen molar-refractivity contribution in [2.24, 2.45) is 17.6 Å². The fourth-order valence-electron chi connectivity index (χ4n) is 2.16. The van der Waals surface area contributed by atoms with E-state index in [9.17, 15) is 4.79 Å². The third-order valence-corrected chi connectivity index (χ3v) is 3.31. The van der Waals surface area contributed by atoms with Crippen LogP contribution in [0.4, 0.5) is 5.69 Å². The molecule has 1 aromatic carbocycles. The van der Waals surface area contributed by atoms with Gasteiger partial charge in [-0.15, -0.1) is 0 Å². The number of rotatable bonds is 6. The van der Waals surface area contributed by atoms with E-state index < -0.39 is 0 Å². The summed E-state index contributed by atoms with van der Waals surface area (Å²) < 4.78 is 0. The third-order valence-electron chi connectivity index (χ3n) is 3.07. The van der Waals surface area contributed by atoms with Crippen LogP contribution >= 0.6 is 11.6 Å². The molecule has 0 heterocycles. The minimum absolute atomic E-state index is 0.0153. The van der Waals surface area contributed by atoms with Crippen LogP contribution in [-0.4, -0.2) is 12.5 Å². The van der Waals surface area contributed by atoms with Crippen molar-refractivity contribution in [3.05, 3.63) is 28.8 Å². The summed E-state index contributed by atoms with van der Waals surface area (Å²) in [6.07, 6.45) is 1.44. The number of aryl methyl sites for hydroxylation is 1. The predicted molar refractivity (Wildman–Crippen MR) is 81.4 cm³/mol. The molecule has 3 N–H and O–H groups in total. The zero-order valence-electron chi connectivity index (χ0n) is 11.9. The van der Waals surface area contributed by atoms with Crippen molar-refractivity contribution < 1.29 is 4.79 Å². The maximum Gasteiger partial charge on any atom is 0.224 e. The second-order valence-electron chi connectivity index (χ2n) is 5.44. The zero-order valence-corrected chi connectivity index (χ0v) is 12.6. The topological polar surface area (TPSA) is 55.1 Å². The molecule has 0 aromatic heterocycles. The van der Waals surface area contributed by atoms with Gasteiger partial charge >= 0.3 is 0 Å². The normalized spacial score (nSPS) is 12.5. The highest BCUT2D eigenvalue weighted by Crippen LogP contribution is 2.21. The van der Waals surface area contributed by atoms with E-state index in [2.05, 4.69) is 19.2 Å². The molecule has 1 rings (SSSR count). The lowest BCUT2D eigenvalue weighted by atomic mass is 9.94. The van der Waals surface area contributed by atoms with Crippen LogP contribution in [0.25, 0.3) is 0 Å². The van der Waals surface area contributed by atoms with Crippen molar-refractivity contribution in [2.75, 3.05) is 11.9 Å². The Morgan fingerprint density at radius 3 is 2.63 bits per heavy atom. The smallest absolute Gasteiger partial charge is 0.224 e. The second-order valence-corrected chi connectivity index (χ2v) is 5.88. The first kappa shape index (κ1) is 16.0. The number of nitrogens with two attached hydrogens (primary N) is 1. The molecular formula is C15H23ClN2O. The molecule has 0 spiro atoms. The molecule has 1 amide bonds. The number of hydrogen-bond acceptors (Lipinski definition) is 2. The van der Waals surface area contributed by atoms with Crippen molar-refractivity contribution in [3.8, 4) is 0 Å². The van der Waals surface area contributed by atoms with E-state index in [1.54, 1.807) is 6.07 Å². The maximum atomic E-state index is 12.0. The van der Waals surface area contributed by atoms with Crippen LogP contribution in [0.1, 0.15) is 32.3 Å². The molecule has 0 saturated heterocycles. The van der Waals surface area contributed by atoms with Gasteiger partial charge in [0.15, 0.2) is 0 Å². The van der Waals surface area contributed by atoms with Gasteiger partial charge in [-0.05, 0) is 55.5 Å². The first-order valence-electron chi connectivity index (χ1n) is 6.68. The number of carbonyl (C=O) groups excluding carboxylic acids is 1. The molecule has 0 aliphatic carbocycles. The molecule has 3 nitrogen and oxygen atoms in total. The van der Waals surface area contributed by atoms with E-state index in [-0.39, 0.29) is 11.8 Å². The maximum absolute atomic E-state index is 12.0. The lowest BCUT2D eigenvalue weighted by Crippen LogP contribution is -2.23. The van der Waals surface area contributed by atoms with Crippen molar-refractivity contribution in [3.63, 3.8) is 0 Å². The van der Waals surface area contributed by atoms with Crippen LogP contribution in [0.2, 0.25) is 5.02 Å². The molecular weight excluding hydrogens is 260 g/mol. The van der Waals surface area contributed by atoms with Gasteiger partial charge in [0.05, 0.1) is 0 Å². The fraction of sp³-hybridized carbons (Fsp3) is 0.533. The van der Waals surface area contributed by atoms with E-state index in [4.69, 9.17) is 17.3 Å². The molecule has 0 bridgehead atoms. The number of benzene rings is 1. The summed E-state index contributed by atoms with van der Waals surface area (Å²) >= 11 is 5.89. The fourth-order valence-corrected chi connectivity index (χ4v) is 2.39. The molecule has 0 aliphatic heterocycles. The number of anilines is 1. The SMILES string of the molecule is Cc1cc(Cl)ccc1NC(=O)CC(CN)CC(C)C. The average Bonchev–Trinajstić information content (AvgIpc) is 2.31. The van der Waals surface area contributed by atoms with Crippen LogP contribution < -0.4 is 11.1 Å². The zero-order chi connectivity index (χ0) is 14.4. The van der Waals surface area contributed by atoms with Gasteiger partial charge in [-0.25, -0.2) is 0 Å². The van der Waals surface area contributed by atoms with E-state index in [0.29, 0.717) is 23.9 Å². The Kier molecular flexibility index (Phi) is 6.32. The molecule has 4 heteroatoms. The van der Waals surface area contributed by atoms with E-state index in [1.807, 2.05) is 19.1 Å². The third kappa shape index (κ3) is 5.62. The van der Waals surface area contributed by atoms with E-state index in [1.165, 1.54) is 0 Å². The summed E-state index contributed by atoms with van der Waals surface area (Å²) in [4.78, 5) is 12.0. The number of hydrogen-bond donors (Lipinski definition) is 2. The van der Waals surface area contributed by atoms with Gasteiger partial charge in [0.25, 0.3) is 0 Å². The van der Waals surface area contributed by atoms with E-state index >= 15 is 0 Å². The highest BCUT2D eigenvalue weighted by atomic mass is 35.5. The Morgan fingerprint density at radius 1 is 1.42 bits per heavy atom. The Morgan fingerprint density at radius 2 is 2.11 bits per heavy atom. The molecule has 1 aromatic rings. The summed E-state index contributed by atoms with van der Waals surface area (Å²) in [5.74, 6) is 0.813. The summed E-state index contributed by atoms with van der Waals surface area (Å²) in [5, 5.41) is 3.60. The average molecular weight is 283 g/mol. The van der Waals surface area contributed by atoms with Gasteiger partial charge in [-0.1, -0.05) is 25.4 Å². The van der Waals surface area contributed by atoms with Crippen molar-refractivity contribution in [1.29, 1.82) is 0 Å². The van der Waals surface area contributed by atoms with Gasteiger partial charge in [-0.2, -0.15) is 0 Å². The minimum atomic E-state index is 0.0153. The van der Waals surface area contributed by atoms with Gasteiger partial charge < -0.3 is 11.1 Å². The summed E-state index contributed by atoms with van der Waals surface area (Å²) in [5.41, 5.74) is 7.50. The molecule has 0 saturated carbocycles. The molecule has 106 valence electrons. The summed E-state index contributed by atoms with van der Waals surface area (Å²) in [6.45, 7) is 6.76. The van der Waals surface area contributed by atoms with Gasteiger partial charge in [-0.3, -0.25) is 4.79 Å². The Labute approximate surface area is 120 Å². The van der Waals surface area contributed by atoms with Crippen LogP contribution in [-0.2, 0) is 4.79 Å². The molecule has 0 aliphatic rings. The monoisotopic (exact) mass is 282 g/mol. The molecule has 1 atom stereocenters. The van der Waals surface area contributed by atoms with Gasteiger partial charge in [0.1, 0.15) is 0 Å². The first-order chi connectivity index (χ1) is 8.92. The van der Waals surface area contributed by atoms with E-state index in [0.717, 1.165) is 17.7 Å². The molecule has 0 radical (unpaired) electrons. The summed E-state index contributed by atoms with van der Waals surface area (Å²) in [6, 6.07) is 5.44. The van der Waals surface area contributed by atoms with Gasteiger partial charge in [0, 0.05) is 17.1 Å². The van der Waals surface area contributed by atoms with Crippen LogP contribution in [0.5, 0.6) is 0 Å². The number of halogens is 1. The van der Waals surface area contributed by atoms with Crippen LogP contribution in [0.3, 0.4) is 0 Å². The molecule has 0 fully saturated rings. The second kappa shape index (κ2) is 7.51. The number of nitrogens with one attached hydrogen (secondary N) is 1. The number of amides is 1. The van der Waals surface area contributed by atoms with Crippen molar-refractivity contribution in [2.45, 2.75) is 33.6 Å². The van der Waals surface area contributed by atoms with Crippen molar-refractivity contribution >= 4 is 23.2 Å². The number of carbonyl (C=O) groups is 1. The Hall–Kier alpha value is -1.06. The largest absolute Gasteiger partial charge is 0.330 e. The molecule has 19 heavy (non-hydrogen) atoms. The first-order valence-corrected chi connectivity index (χ1v) is 7.06.